The Morgan fingerprint density at radius 2 is 2.10 bits per heavy atom. The van der Waals surface area contributed by atoms with Crippen LogP contribution in [-0.4, -0.2) is 22.1 Å². The van der Waals surface area contributed by atoms with Crippen molar-refractivity contribution in [3.63, 3.8) is 0 Å². The summed E-state index contributed by atoms with van der Waals surface area (Å²) in [7, 11) is 0. The van der Waals surface area contributed by atoms with E-state index in [-0.39, 0.29) is 22.8 Å². The van der Waals surface area contributed by atoms with Gasteiger partial charge in [-0.25, -0.2) is 9.78 Å². The zero-order valence-electron chi connectivity index (χ0n) is 11.8. The van der Waals surface area contributed by atoms with Crippen molar-refractivity contribution in [2.45, 2.75) is 45.3 Å². The number of pyridine rings is 1. The first kappa shape index (κ1) is 15.6. The average Bonchev–Trinajstić information content (AvgIpc) is 2.67. The van der Waals surface area contributed by atoms with Crippen molar-refractivity contribution >= 4 is 11.8 Å². The zero-order chi connectivity index (χ0) is 15.8. The molecule has 0 amide bonds. The highest BCUT2D eigenvalue weighted by molar-refractivity contribution is 5.93. The molecule has 1 unspecified atom stereocenters. The summed E-state index contributed by atoms with van der Waals surface area (Å²) in [4.78, 5) is 14.6. The molecule has 2 N–H and O–H groups in total. The monoisotopic (exact) mass is 302 g/mol. The van der Waals surface area contributed by atoms with Crippen LogP contribution in [0, 0.1) is 5.41 Å². The molecule has 116 valence electrons. The van der Waals surface area contributed by atoms with Gasteiger partial charge in [-0.15, -0.1) is 0 Å². The van der Waals surface area contributed by atoms with Gasteiger partial charge in [-0.3, -0.25) is 0 Å². The fourth-order valence-corrected chi connectivity index (χ4v) is 2.66. The lowest BCUT2D eigenvalue weighted by atomic mass is 9.87. The predicted octanol–water partition coefficient (Wildman–Crippen LogP) is 3.79. The van der Waals surface area contributed by atoms with Crippen molar-refractivity contribution in [2.75, 3.05) is 5.32 Å². The number of anilines is 1. The van der Waals surface area contributed by atoms with Crippen LogP contribution in [0.1, 0.15) is 49.2 Å². The molecule has 1 saturated carbocycles. The fraction of sp³-hybridized carbons (Fsp3) is 0.571. The molecule has 0 aromatic carbocycles. The van der Waals surface area contributed by atoms with E-state index in [0.717, 1.165) is 25.3 Å². The molecule has 0 bridgehead atoms. The Hall–Kier alpha value is -1.79. The quantitative estimate of drug-likeness (QED) is 0.891. The van der Waals surface area contributed by atoms with Crippen molar-refractivity contribution in [2.24, 2.45) is 5.41 Å². The van der Waals surface area contributed by atoms with Crippen molar-refractivity contribution in [3.8, 4) is 0 Å². The minimum absolute atomic E-state index is 0.0911. The number of carboxylic acids is 1. The minimum Gasteiger partial charge on any atom is -0.478 e. The van der Waals surface area contributed by atoms with Crippen molar-refractivity contribution in [1.29, 1.82) is 0 Å². The van der Waals surface area contributed by atoms with E-state index in [9.17, 15) is 18.0 Å². The molecule has 0 saturated heterocycles. The van der Waals surface area contributed by atoms with Crippen LogP contribution in [0.25, 0.3) is 0 Å². The summed E-state index contributed by atoms with van der Waals surface area (Å²) in [6.07, 6.45) is -1.93. The number of aromatic nitrogens is 1. The van der Waals surface area contributed by atoms with Gasteiger partial charge in [0.25, 0.3) is 0 Å². The lowest BCUT2D eigenvalue weighted by molar-refractivity contribution is -0.141. The second kappa shape index (κ2) is 5.20. The van der Waals surface area contributed by atoms with Crippen LogP contribution in [0.4, 0.5) is 19.0 Å². The van der Waals surface area contributed by atoms with E-state index in [1.165, 1.54) is 0 Å². The summed E-state index contributed by atoms with van der Waals surface area (Å²) in [6, 6.07) is 1.54. The average molecular weight is 302 g/mol. The standard InChI is InChI=1S/C14H17F3N2O2/c1-13(2)7-3-4-9(13)18-11-8(12(20)21)5-6-10(19-11)14(15,16)17/h5-6,9H,3-4,7H2,1-2H3,(H,18,19)(H,20,21). The fourth-order valence-electron chi connectivity index (χ4n) is 2.66. The second-order valence-corrected chi connectivity index (χ2v) is 5.97. The highest BCUT2D eigenvalue weighted by Crippen LogP contribution is 2.39. The van der Waals surface area contributed by atoms with E-state index in [4.69, 9.17) is 5.11 Å². The molecule has 1 aliphatic carbocycles. The van der Waals surface area contributed by atoms with Gasteiger partial charge in [-0.05, 0) is 30.4 Å². The third kappa shape index (κ3) is 3.28. The number of hydrogen-bond acceptors (Lipinski definition) is 3. The van der Waals surface area contributed by atoms with Crippen LogP contribution in [0.2, 0.25) is 0 Å². The van der Waals surface area contributed by atoms with E-state index < -0.39 is 17.8 Å². The highest BCUT2D eigenvalue weighted by Gasteiger charge is 2.37. The van der Waals surface area contributed by atoms with Gasteiger partial charge in [0.15, 0.2) is 0 Å². The molecule has 1 atom stereocenters. The summed E-state index contributed by atoms with van der Waals surface area (Å²) in [5, 5.41) is 12.0. The van der Waals surface area contributed by atoms with E-state index in [2.05, 4.69) is 10.3 Å². The molecule has 4 nitrogen and oxygen atoms in total. The summed E-state index contributed by atoms with van der Waals surface area (Å²) < 4.78 is 38.2. The van der Waals surface area contributed by atoms with Gasteiger partial charge in [0.05, 0.1) is 0 Å². The number of carbonyl (C=O) groups is 1. The summed E-state index contributed by atoms with van der Waals surface area (Å²) >= 11 is 0. The first-order valence-electron chi connectivity index (χ1n) is 6.69. The number of nitrogens with one attached hydrogen (secondary N) is 1. The number of halogens is 3. The largest absolute Gasteiger partial charge is 0.478 e. The molecular weight excluding hydrogens is 285 g/mol. The van der Waals surface area contributed by atoms with Gasteiger partial charge < -0.3 is 10.4 Å². The molecule has 2 rings (SSSR count). The zero-order valence-corrected chi connectivity index (χ0v) is 11.8. The van der Waals surface area contributed by atoms with Crippen LogP contribution >= 0.6 is 0 Å². The normalized spacial score (nSPS) is 21.3. The smallest absolute Gasteiger partial charge is 0.433 e. The van der Waals surface area contributed by atoms with Crippen LogP contribution in [0.15, 0.2) is 12.1 Å². The molecular formula is C14H17F3N2O2. The number of carboxylic acid groups (broad SMARTS) is 1. The molecule has 0 aliphatic heterocycles. The van der Waals surface area contributed by atoms with Crippen molar-refractivity contribution in [1.82, 2.24) is 4.98 Å². The Labute approximate surface area is 120 Å². The minimum atomic E-state index is -4.60. The van der Waals surface area contributed by atoms with E-state index in [1.54, 1.807) is 0 Å². The molecule has 1 aromatic heterocycles. The van der Waals surface area contributed by atoms with Gasteiger partial charge in [-0.1, -0.05) is 20.3 Å². The van der Waals surface area contributed by atoms with Gasteiger partial charge in [0.2, 0.25) is 0 Å². The summed E-state index contributed by atoms with van der Waals surface area (Å²) in [5.41, 5.74) is -1.44. The number of rotatable bonds is 3. The third-order valence-electron chi connectivity index (χ3n) is 3.98. The van der Waals surface area contributed by atoms with E-state index >= 15 is 0 Å². The van der Waals surface area contributed by atoms with Crippen molar-refractivity contribution < 1.29 is 23.1 Å². The van der Waals surface area contributed by atoms with Gasteiger partial charge >= 0.3 is 12.1 Å². The first-order valence-corrected chi connectivity index (χ1v) is 6.69. The topological polar surface area (TPSA) is 62.2 Å². The lowest BCUT2D eigenvalue weighted by Crippen LogP contribution is -2.32. The molecule has 1 aromatic rings. The predicted molar refractivity (Wildman–Crippen MR) is 71.2 cm³/mol. The molecule has 1 fully saturated rings. The maximum atomic E-state index is 12.7. The highest BCUT2D eigenvalue weighted by atomic mass is 19.4. The summed E-state index contributed by atoms with van der Waals surface area (Å²) in [5.74, 6) is -1.51. The Kier molecular flexibility index (Phi) is 3.86. The third-order valence-corrected chi connectivity index (χ3v) is 3.98. The molecule has 1 aliphatic rings. The molecule has 1 heterocycles. The second-order valence-electron chi connectivity index (χ2n) is 5.97. The maximum absolute atomic E-state index is 12.7. The van der Waals surface area contributed by atoms with Crippen LogP contribution in [0.5, 0.6) is 0 Å². The lowest BCUT2D eigenvalue weighted by Gasteiger charge is -2.29. The Balaban J connectivity index is 2.37. The molecule has 0 spiro atoms. The first-order chi connectivity index (χ1) is 9.61. The number of aromatic carboxylic acids is 1. The summed E-state index contributed by atoms with van der Waals surface area (Å²) in [6.45, 7) is 4.01. The van der Waals surface area contributed by atoms with E-state index in [0.29, 0.717) is 6.07 Å². The van der Waals surface area contributed by atoms with Crippen LogP contribution in [-0.2, 0) is 6.18 Å². The van der Waals surface area contributed by atoms with Crippen molar-refractivity contribution in [3.05, 3.63) is 23.4 Å². The number of nitrogens with zero attached hydrogens (tertiary/aromatic N) is 1. The molecule has 21 heavy (non-hydrogen) atoms. The van der Waals surface area contributed by atoms with Crippen LogP contribution in [0.3, 0.4) is 0 Å². The van der Waals surface area contributed by atoms with E-state index in [1.807, 2.05) is 13.8 Å². The maximum Gasteiger partial charge on any atom is 0.433 e. The van der Waals surface area contributed by atoms with Gasteiger partial charge in [0.1, 0.15) is 17.1 Å². The number of hydrogen-bond donors (Lipinski definition) is 2. The molecule has 0 radical (unpaired) electrons. The van der Waals surface area contributed by atoms with Gasteiger partial charge in [0, 0.05) is 6.04 Å². The van der Waals surface area contributed by atoms with Crippen LogP contribution < -0.4 is 5.32 Å². The Morgan fingerprint density at radius 1 is 1.43 bits per heavy atom. The Bertz CT molecular complexity index is 556. The van der Waals surface area contributed by atoms with Gasteiger partial charge in [-0.2, -0.15) is 13.2 Å². The SMILES string of the molecule is CC1(C)CCCC1Nc1nc(C(F)(F)F)ccc1C(=O)O. The number of alkyl halides is 3. The Morgan fingerprint density at radius 3 is 2.57 bits per heavy atom. The molecule has 7 heteroatoms.